The van der Waals surface area contributed by atoms with Crippen LogP contribution in [-0.4, -0.2) is 20.0 Å². The molecule has 0 spiro atoms. The Bertz CT molecular complexity index is 57.1. The van der Waals surface area contributed by atoms with E-state index in [9.17, 15) is 0 Å². The topological polar surface area (TPSA) is 0 Å². The minimum absolute atomic E-state index is 0.132. The van der Waals surface area contributed by atoms with Crippen LogP contribution in [0, 0.1) is 0 Å². The average Bonchev–Trinajstić information content (AvgIpc) is 1.65. The zero-order valence-electron chi connectivity index (χ0n) is 4.45. The third kappa shape index (κ3) is 3.35. The largest absolute Gasteiger partial charge is 0.111 e. The van der Waals surface area contributed by atoms with Gasteiger partial charge in [-0.3, -0.25) is 0 Å². The van der Waals surface area contributed by atoms with Gasteiger partial charge in [0.15, 0.2) is 0 Å². The van der Waals surface area contributed by atoms with Crippen molar-refractivity contribution in [2.24, 2.45) is 0 Å². The second kappa shape index (κ2) is 4.32. The van der Waals surface area contributed by atoms with E-state index in [4.69, 9.17) is 0 Å². The molecule has 0 radical (unpaired) electrons. The van der Waals surface area contributed by atoms with Crippen LogP contribution >= 0.6 is 23.0 Å². The molecule has 2 unspecified atom stereocenters. The molecule has 3 heteroatoms. The Morgan fingerprint density at radius 3 is 2.17 bits per heavy atom. The van der Waals surface area contributed by atoms with Crippen LogP contribution in [0.2, 0.25) is 0 Å². The molecular formula is C3H11P3. The summed E-state index contributed by atoms with van der Waals surface area (Å²) in [4.78, 5) is 0. The van der Waals surface area contributed by atoms with Gasteiger partial charge in [0, 0.05) is 0 Å². The molecule has 0 nitrogen and oxygen atoms in total. The van der Waals surface area contributed by atoms with E-state index >= 15 is 0 Å². The van der Waals surface area contributed by atoms with Gasteiger partial charge in [-0.1, -0.05) is 15.2 Å². The zero-order valence-corrected chi connectivity index (χ0v) is 7.34. The second-order valence-corrected chi connectivity index (χ2v) is 11.5. The lowest BCUT2D eigenvalue weighted by molar-refractivity contribution is 2.45. The van der Waals surface area contributed by atoms with Crippen molar-refractivity contribution in [2.45, 2.75) is 0 Å². The maximum atomic E-state index is 2.38. The van der Waals surface area contributed by atoms with Gasteiger partial charge in [-0.2, -0.15) is 0 Å². The van der Waals surface area contributed by atoms with Crippen LogP contribution < -0.4 is 0 Å². The molecule has 0 aliphatic heterocycles. The Hall–Kier alpha value is 1.16. The molecule has 0 aromatic rings. The average molecular weight is 140 g/mol. The van der Waals surface area contributed by atoms with Crippen LogP contribution in [0.1, 0.15) is 0 Å². The van der Waals surface area contributed by atoms with Crippen LogP contribution in [0.3, 0.4) is 0 Å². The van der Waals surface area contributed by atoms with E-state index in [-0.39, 0.29) is 6.90 Å². The molecule has 0 fully saturated rings. The van der Waals surface area contributed by atoms with E-state index in [0.717, 1.165) is 0 Å². The minimum Gasteiger partial charge on any atom is -0.111 e. The number of hydrogen-bond acceptors (Lipinski definition) is 0. The highest BCUT2D eigenvalue weighted by Gasteiger charge is 1.71. The van der Waals surface area contributed by atoms with E-state index < -0.39 is 0 Å². The van der Waals surface area contributed by atoms with Crippen molar-refractivity contribution >= 4 is 23.0 Å². The molecule has 38 valence electrons. The Kier molecular flexibility index (Phi) is 5.16. The van der Waals surface area contributed by atoms with Crippen molar-refractivity contribution in [3.05, 3.63) is 0 Å². The van der Waals surface area contributed by atoms with Gasteiger partial charge < -0.3 is 0 Å². The molecule has 2 atom stereocenters. The quantitative estimate of drug-likeness (QED) is 0.491. The molecule has 0 saturated heterocycles. The Morgan fingerprint density at radius 2 is 2.17 bits per heavy atom. The lowest BCUT2D eigenvalue weighted by atomic mass is 12.0. The fourth-order valence-electron chi connectivity index (χ4n) is 0.112. The number of hydrogen-bond donors (Lipinski definition) is 0. The first-order valence-electron chi connectivity index (χ1n) is 1.92. The summed E-state index contributed by atoms with van der Waals surface area (Å²) in [5.41, 5.74) is 0. The second-order valence-electron chi connectivity index (χ2n) is 1.06. The first-order chi connectivity index (χ1) is 2.81. The molecule has 0 aromatic heterocycles. The molecule has 0 N–H and O–H groups in total. The summed E-state index contributed by atoms with van der Waals surface area (Å²) in [5, 5.41) is 0. The van der Waals surface area contributed by atoms with Crippen molar-refractivity contribution in [3.8, 4) is 0 Å². The molecule has 0 aromatic carbocycles. The van der Waals surface area contributed by atoms with Gasteiger partial charge in [-0.05, 0) is 20.0 Å². The monoisotopic (exact) mass is 140 g/mol. The molecular weight excluding hydrogens is 129 g/mol. The van der Waals surface area contributed by atoms with Crippen LogP contribution in [0.15, 0.2) is 0 Å². The van der Waals surface area contributed by atoms with Gasteiger partial charge in [0.05, 0.1) is 0 Å². The molecule has 0 heterocycles. The first kappa shape index (κ1) is 7.16. The van der Waals surface area contributed by atoms with Crippen LogP contribution in [0.25, 0.3) is 0 Å². The highest BCUT2D eigenvalue weighted by atomic mass is 32.2. The van der Waals surface area contributed by atoms with E-state index in [1.54, 1.807) is 7.87 Å². The summed E-state index contributed by atoms with van der Waals surface area (Å²) in [7, 11) is 2.86. The van der Waals surface area contributed by atoms with Gasteiger partial charge in [0.1, 0.15) is 0 Å². The van der Waals surface area contributed by atoms with Gasteiger partial charge in [0.2, 0.25) is 0 Å². The van der Waals surface area contributed by atoms with Crippen molar-refractivity contribution in [1.82, 2.24) is 0 Å². The molecule has 0 rings (SSSR count). The van der Waals surface area contributed by atoms with Gasteiger partial charge >= 0.3 is 0 Å². The Morgan fingerprint density at radius 1 is 1.67 bits per heavy atom. The summed E-state index contributed by atoms with van der Waals surface area (Å²) in [6.07, 6.45) is 0. The summed E-state index contributed by atoms with van der Waals surface area (Å²) in [6.45, 7) is 7.06. The highest BCUT2D eigenvalue weighted by molar-refractivity contribution is 8.33. The third-order valence-electron chi connectivity index (χ3n) is 0.697. The van der Waals surface area contributed by atoms with Crippen LogP contribution in [0.5, 0.6) is 0 Å². The van der Waals surface area contributed by atoms with E-state index in [1.165, 1.54) is 8.27 Å². The molecule has 0 aliphatic rings. The lowest BCUT2D eigenvalue weighted by Crippen LogP contribution is -1.29. The standard InChI is InChI=1S/C3H11P3/c1-4-6(3)5-2/h4,6H,1-3H3. The predicted octanol–water partition coefficient (Wildman–Crippen LogP) is 2.54. The van der Waals surface area contributed by atoms with Crippen molar-refractivity contribution in [1.29, 1.82) is 0 Å². The summed E-state index contributed by atoms with van der Waals surface area (Å²) in [5.74, 6) is 0. The fraction of sp³-hybridized carbons (Fsp3) is 1.00. The zero-order chi connectivity index (χ0) is 4.99. The maximum Gasteiger partial charge on any atom is -0.0224 e. The van der Waals surface area contributed by atoms with Crippen LogP contribution in [0.4, 0.5) is 0 Å². The summed E-state index contributed by atoms with van der Waals surface area (Å²) >= 11 is 0. The van der Waals surface area contributed by atoms with Gasteiger partial charge in [-0.15, -0.1) is 7.87 Å². The normalized spacial score (nSPS) is 17.2. The third-order valence-corrected chi connectivity index (χ3v) is 10.3. The maximum absolute atomic E-state index is 2.38. The molecule has 0 aliphatic carbocycles. The minimum atomic E-state index is 0.132. The Labute approximate surface area is 43.8 Å². The SMILES string of the molecule is CP=[PH](C)PC. The molecule has 0 amide bonds. The fourth-order valence-corrected chi connectivity index (χ4v) is 3.02. The van der Waals surface area contributed by atoms with Crippen molar-refractivity contribution in [2.75, 3.05) is 20.0 Å². The van der Waals surface area contributed by atoms with Gasteiger partial charge in [-0.25, -0.2) is 0 Å². The Balaban J connectivity index is 3.22. The van der Waals surface area contributed by atoms with Crippen molar-refractivity contribution in [3.63, 3.8) is 0 Å². The van der Waals surface area contributed by atoms with E-state index in [0.29, 0.717) is 0 Å². The molecule has 6 heavy (non-hydrogen) atoms. The number of rotatable bonds is 1. The van der Waals surface area contributed by atoms with E-state index in [1.807, 2.05) is 0 Å². The van der Waals surface area contributed by atoms with E-state index in [2.05, 4.69) is 20.0 Å². The summed E-state index contributed by atoms with van der Waals surface area (Å²) < 4.78 is 0. The predicted molar refractivity (Wildman–Crippen MR) is 41.3 cm³/mol. The smallest absolute Gasteiger partial charge is 0.0224 e. The van der Waals surface area contributed by atoms with Gasteiger partial charge in [0.25, 0.3) is 0 Å². The summed E-state index contributed by atoms with van der Waals surface area (Å²) in [6, 6.07) is 0. The lowest BCUT2D eigenvalue weighted by Gasteiger charge is -1.86. The van der Waals surface area contributed by atoms with Crippen LogP contribution in [-0.2, 0) is 0 Å². The molecule has 0 saturated carbocycles. The van der Waals surface area contributed by atoms with Crippen molar-refractivity contribution < 1.29 is 0 Å². The highest BCUT2D eigenvalue weighted by Crippen LogP contribution is 2.46. The molecule has 0 bridgehead atoms. The first-order valence-corrected chi connectivity index (χ1v) is 8.60.